The maximum Gasteiger partial charge on any atom is 0.343 e. The Bertz CT molecular complexity index is 1290. The normalized spacial score (nSPS) is 10.6. The molecule has 8 heteroatoms. The molecule has 0 fully saturated rings. The summed E-state index contributed by atoms with van der Waals surface area (Å²) in [7, 11) is 1.44. The number of methoxy groups -OCH3 is 1. The summed E-state index contributed by atoms with van der Waals surface area (Å²) in [5.74, 6) is -1.23. The first-order chi connectivity index (χ1) is 16.9. The highest BCUT2D eigenvalue weighted by molar-refractivity contribution is 6.09. The van der Waals surface area contributed by atoms with Gasteiger partial charge in [-0.15, -0.1) is 0 Å². The first-order valence-electron chi connectivity index (χ1n) is 10.6. The Hall–Kier alpha value is -4.90. The van der Waals surface area contributed by atoms with E-state index >= 15 is 0 Å². The standard InChI is InChI=1S/C27H22N2O6/c1-3-34-26(31)20-10-12-22(13-11-20)29-25(30)21(17-28)15-18-9-14-23(33-2)24(16-18)35-27(32)19-7-5-4-6-8-19/h4-16H,3H2,1-2H3,(H,29,30)/b21-15+. The molecule has 1 amide bonds. The summed E-state index contributed by atoms with van der Waals surface area (Å²) in [4.78, 5) is 36.8. The van der Waals surface area contributed by atoms with E-state index in [0.717, 1.165) is 0 Å². The average molecular weight is 470 g/mol. The van der Waals surface area contributed by atoms with Crippen molar-refractivity contribution in [2.24, 2.45) is 0 Å². The van der Waals surface area contributed by atoms with Gasteiger partial charge >= 0.3 is 11.9 Å². The first kappa shape index (κ1) is 24.7. The van der Waals surface area contributed by atoms with E-state index in [1.54, 1.807) is 49.4 Å². The Morgan fingerprint density at radius 3 is 2.23 bits per heavy atom. The van der Waals surface area contributed by atoms with Gasteiger partial charge in [0.15, 0.2) is 11.5 Å². The molecule has 0 unspecified atom stereocenters. The number of esters is 2. The molecule has 0 radical (unpaired) electrons. The number of rotatable bonds is 8. The van der Waals surface area contributed by atoms with Crippen LogP contribution < -0.4 is 14.8 Å². The van der Waals surface area contributed by atoms with Crippen molar-refractivity contribution in [1.29, 1.82) is 5.26 Å². The quantitative estimate of drug-likeness (QED) is 0.221. The van der Waals surface area contributed by atoms with Gasteiger partial charge in [0.05, 0.1) is 24.8 Å². The minimum absolute atomic E-state index is 0.141. The number of hydrogen-bond acceptors (Lipinski definition) is 7. The van der Waals surface area contributed by atoms with Crippen LogP contribution in [0.2, 0.25) is 0 Å². The highest BCUT2D eigenvalue weighted by atomic mass is 16.6. The van der Waals surface area contributed by atoms with Crippen LogP contribution in [0.4, 0.5) is 5.69 Å². The lowest BCUT2D eigenvalue weighted by molar-refractivity contribution is -0.112. The van der Waals surface area contributed by atoms with E-state index in [0.29, 0.717) is 28.1 Å². The number of nitriles is 1. The molecule has 0 heterocycles. The van der Waals surface area contributed by atoms with E-state index in [1.165, 1.54) is 43.5 Å². The third kappa shape index (κ3) is 6.55. The zero-order chi connectivity index (χ0) is 25.2. The molecule has 0 saturated carbocycles. The molecule has 0 aliphatic rings. The highest BCUT2D eigenvalue weighted by Crippen LogP contribution is 2.30. The topological polar surface area (TPSA) is 115 Å². The molecule has 176 valence electrons. The molecular formula is C27H22N2O6. The largest absolute Gasteiger partial charge is 0.493 e. The van der Waals surface area contributed by atoms with Crippen LogP contribution in [-0.2, 0) is 9.53 Å². The van der Waals surface area contributed by atoms with Gasteiger partial charge in [-0.25, -0.2) is 9.59 Å². The van der Waals surface area contributed by atoms with Crippen molar-refractivity contribution in [1.82, 2.24) is 0 Å². The summed E-state index contributed by atoms with van der Waals surface area (Å²) in [6.45, 7) is 1.97. The molecule has 0 aromatic heterocycles. The number of carbonyl (C=O) groups excluding carboxylic acids is 3. The summed E-state index contributed by atoms with van der Waals surface area (Å²) in [6, 6.07) is 21.1. The summed E-state index contributed by atoms with van der Waals surface area (Å²) < 4.78 is 15.7. The number of hydrogen-bond donors (Lipinski definition) is 1. The van der Waals surface area contributed by atoms with E-state index in [2.05, 4.69) is 5.32 Å². The third-order valence-corrected chi connectivity index (χ3v) is 4.73. The van der Waals surface area contributed by atoms with Gasteiger partial charge < -0.3 is 19.5 Å². The van der Waals surface area contributed by atoms with Crippen LogP contribution >= 0.6 is 0 Å². The first-order valence-corrected chi connectivity index (χ1v) is 10.6. The fourth-order valence-electron chi connectivity index (χ4n) is 3.01. The lowest BCUT2D eigenvalue weighted by Gasteiger charge is -2.10. The second-order valence-corrected chi connectivity index (χ2v) is 7.09. The SMILES string of the molecule is CCOC(=O)c1ccc(NC(=O)/C(C#N)=C/c2ccc(OC)c(OC(=O)c3ccccc3)c2)cc1. The number of nitrogens with one attached hydrogen (secondary N) is 1. The van der Waals surface area contributed by atoms with E-state index < -0.39 is 17.8 Å². The van der Waals surface area contributed by atoms with Gasteiger partial charge in [-0.3, -0.25) is 4.79 Å². The predicted molar refractivity (Wildman–Crippen MR) is 129 cm³/mol. The number of ether oxygens (including phenoxy) is 3. The number of nitrogens with zero attached hydrogens (tertiary/aromatic N) is 1. The van der Waals surface area contributed by atoms with Gasteiger partial charge in [-0.1, -0.05) is 24.3 Å². The zero-order valence-corrected chi connectivity index (χ0v) is 19.1. The molecule has 0 atom stereocenters. The molecular weight excluding hydrogens is 448 g/mol. The lowest BCUT2D eigenvalue weighted by Crippen LogP contribution is -2.13. The Balaban J connectivity index is 1.78. The van der Waals surface area contributed by atoms with Crippen LogP contribution in [0.15, 0.2) is 78.4 Å². The lowest BCUT2D eigenvalue weighted by atomic mass is 10.1. The monoisotopic (exact) mass is 470 g/mol. The van der Waals surface area contributed by atoms with Gasteiger partial charge in [-0.05, 0) is 67.1 Å². The number of amides is 1. The van der Waals surface area contributed by atoms with Gasteiger partial charge in [0.1, 0.15) is 11.6 Å². The number of anilines is 1. The molecule has 3 aromatic carbocycles. The summed E-state index contributed by atoms with van der Waals surface area (Å²) >= 11 is 0. The van der Waals surface area contributed by atoms with Crippen LogP contribution in [0.1, 0.15) is 33.2 Å². The number of carbonyl (C=O) groups is 3. The second-order valence-electron chi connectivity index (χ2n) is 7.09. The van der Waals surface area contributed by atoms with E-state index in [9.17, 15) is 19.6 Å². The predicted octanol–water partition coefficient (Wildman–Crippen LogP) is 4.64. The van der Waals surface area contributed by atoms with Gasteiger partial charge in [0.25, 0.3) is 5.91 Å². The molecule has 0 spiro atoms. The van der Waals surface area contributed by atoms with Gasteiger partial charge in [-0.2, -0.15) is 5.26 Å². The zero-order valence-electron chi connectivity index (χ0n) is 19.1. The van der Waals surface area contributed by atoms with Crippen molar-refractivity contribution in [2.45, 2.75) is 6.92 Å². The molecule has 3 rings (SSSR count). The van der Waals surface area contributed by atoms with Crippen LogP contribution in [0.5, 0.6) is 11.5 Å². The molecule has 3 aromatic rings. The maximum atomic E-state index is 12.6. The molecule has 1 N–H and O–H groups in total. The van der Waals surface area contributed by atoms with Crippen LogP contribution in [0.3, 0.4) is 0 Å². The average Bonchev–Trinajstić information content (AvgIpc) is 2.88. The Labute approximate surface area is 202 Å². The fraction of sp³-hybridized carbons (Fsp3) is 0.111. The number of benzene rings is 3. The Morgan fingerprint density at radius 2 is 1.60 bits per heavy atom. The molecule has 0 aliphatic heterocycles. The minimum atomic E-state index is -0.643. The Morgan fingerprint density at radius 1 is 0.914 bits per heavy atom. The van der Waals surface area contributed by atoms with Gasteiger partial charge in [0, 0.05) is 5.69 Å². The van der Waals surface area contributed by atoms with E-state index in [1.807, 2.05) is 6.07 Å². The Kier molecular flexibility index (Phi) is 8.35. The molecule has 8 nitrogen and oxygen atoms in total. The van der Waals surface area contributed by atoms with Crippen molar-refractivity contribution in [3.05, 3.63) is 95.1 Å². The summed E-state index contributed by atoms with van der Waals surface area (Å²) in [5, 5.41) is 12.1. The molecule has 0 bridgehead atoms. The fourth-order valence-corrected chi connectivity index (χ4v) is 3.01. The van der Waals surface area contributed by atoms with Crippen LogP contribution in [-0.4, -0.2) is 31.6 Å². The van der Waals surface area contributed by atoms with E-state index in [4.69, 9.17) is 14.2 Å². The molecule has 0 saturated heterocycles. The van der Waals surface area contributed by atoms with Gasteiger partial charge in [0.2, 0.25) is 0 Å². The third-order valence-electron chi connectivity index (χ3n) is 4.73. The minimum Gasteiger partial charge on any atom is -0.493 e. The smallest absolute Gasteiger partial charge is 0.343 e. The van der Waals surface area contributed by atoms with Crippen molar-refractivity contribution in [3.63, 3.8) is 0 Å². The molecule has 0 aliphatic carbocycles. The summed E-state index contributed by atoms with van der Waals surface area (Å²) in [5.41, 5.74) is 1.38. The van der Waals surface area contributed by atoms with Crippen LogP contribution in [0.25, 0.3) is 6.08 Å². The summed E-state index contributed by atoms with van der Waals surface area (Å²) in [6.07, 6.45) is 1.36. The van der Waals surface area contributed by atoms with E-state index in [-0.39, 0.29) is 17.9 Å². The van der Waals surface area contributed by atoms with Crippen molar-refractivity contribution < 1.29 is 28.6 Å². The van der Waals surface area contributed by atoms with Crippen molar-refractivity contribution >= 4 is 29.6 Å². The maximum absolute atomic E-state index is 12.6. The highest BCUT2D eigenvalue weighted by Gasteiger charge is 2.15. The second kappa shape index (κ2) is 11.8. The molecule has 35 heavy (non-hydrogen) atoms. The van der Waals surface area contributed by atoms with Crippen LogP contribution in [0, 0.1) is 11.3 Å². The van der Waals surface area contributed by atoms with Crippen molar-refractivity contribution in [3.8, 4) is 17.6 Å². The van der Waals surface area contributed by atoms with Crippen molar-refractivity contribution in [2.75, 3.05) is 19.0 Å².